The molecule has 1 aliphatic rings. The second kappa shape index (κ2) is 6.66. The maximum Gasteiger partial charge on any atom is 0.126 e. The van der Waals surface area contributed by atoms with Crippen LogP contribution in [0.2, 0.25) is 0 Å². The lowest BCUT2D eigenvalue weighted by atomic mass is 10.0. The van der Waals surface area contributed by atoms with Crippen molar-refractivity contribution < 1.29 is 4.39 Å². The van der Waals surface area contributed by atoms with Crippen molar-refractivity contribution in [2.24, 2.45) is 5.73 Å². The largest absolute Gasteiger partial charge is 0.329 e. The van der Waals surface area contributed by atoms with Crippen molar-refractivity contribution in [3.8, 4) is 0 Å². The molecular formula is C16H26FN3. The van der Waals surface area contributed by atoms with Gasteiger partial charge in [0.25, 0.3) is 0 Å². The van der Waals surface area contributed by atoms with E-state index in [9.17, 15) is 4.39 Å². The van der Waals surface area contributed by atoms with E-state index in [0.717, 1.165) is 31.7 Å². The van der Waals surface area contributed by atoms with Crippen molar-refractivity contribution in [1.82, 2.24) is 9.80 Å². The molecule has 0 spiro atoms. The first-order chi connectivity index (χ1) is 9.56. The zero-order valence-electron chi connectivity index (χ0n) is 12.8. The van der Waals surface area contributed by atoms with Crippen LogP contribution in [-0.4, -0.2) is 48.6 Å². The van der Waals surface area contributed by atoms with Crippen LogP contribution >= 0.6 is 0 Å². The lowest BCUT2D eigenvalue weighted by molar-refractivity contribution is 0.0606. The van der Waals surface area contributed by atoms with Gasteiger partial charge in [-0.25, -0.2) is 4.39 Å². The summed E-state index contributed by atoms with van der Waals surface area (Å²) < 4.78 is 13.8. The Labute approximate surface area is 121 Å². The Morgan fingerprint density at radius 2 is 2.15 bits per heavy atom. The number of aryl methyl sites for hydroxylation is 1. The smallest absolute Gasteiger partial charge is 0.126 e. The van der Waals surface area contributed by atoms with Crippen molar-refractivity contribution in [3.63, 3.8) is 0 Å². The van der Waals surface area contributed by atoms with E-state index >= 15 is 0 Å². The van der Waals surface area contributed by atoms with Gasteiger partial charge in [0.1, 0.15) is 5.82 Å². The van der Waals surface area contributed by atoms with Gasteiger partial charge < -0.3 is 5.73 Å². The number of nitrogens with zero attached hydrogens (tertiary/aromatic N) is 2. The molecule has 0 saturated carbocycles. The predicted octanol–water partition coefficient (Wildman–Crippen LogP) is 2.16. The molecule has 2 rings (SSSR count). The van der Waals surface area contributed by atoms with Crippen molar-refractivity contribution in [1.29, 1.82) is 0 Å². The molecule has 1 aromatic rings. The van der Waals surface area contributed by atoms with Crippen LogP contribution in [0.5, 0.6) is 0 Å². The molecule has 3 nitrogen and oxygen atoms in total. The number of hydrogen-bond acceptors (Lipinski definition) is 3. The Hall–Kier alpha value is -0.970. The lowest BCUT2D eigenvalue weighted by Gasteiger charge is -2.42. The van der Waals surface area contributed by atoms with Gasteiger partial charge in [-0.15, -0.1) is 0 Å². The SMILES string of the molecule is CCN1CCN(C(CN)c2ccc(C)c(F)c2)CC1C. The topological polar surface area (TPSA) is 32.5 Å². The van der Waals surface area contributed by atoms with Crippen molar-refractivity contribution >= 4 is 0 Å². The molecule has 1 aromatic carbocycles. The highest BCUT2D eigenvalue weighted by molar-refractivity contribution is 5.26. The minimum absolute atomic E-state index is 0.117. The second-order valence-corrected chi connectivity index (χ2v) is 5.73. The fraction of sp³-hybridized carbons (Fsp3) is 0.625. The first kappa shape index (κ1) is 15.4. The van der Waals surface area contributed by atoms with Gasteiger partial charge in [0.15, 0.2) is 0 Å². The highest BCUT2D eigenvalue weighted by atomic mass is 19.1. The summed E-state index contributed by atoms with van der Waals surface area (Å²) in [5.74, 6) is -0.138. The summed E-state index contributed by atoms with van der Waals surface area (Å²) in [5.41, 5.74) is 7.64. The van der Waals surface area contributed by atoms with Gasteiger partial charge in [-0.1, -0.05) is 19.1 Å². The Balaban J connectivity index is 2.14. The van der Waals surface area contributed by atoms with Crippen LogP contribution < -0.4 is 5.73 Å². The number of nitrogens with two attached hydrogens (primary N) is 1. The fourth-order valence-electron chi connectivity index (χ4n) is 3.09. The minimum Gasteiger partial charge on any atom is -0.329 e. The summed E-state index contributed by atoms with van der Waals surface area (Å²) in [6, 6.07) is 6.14. The Morgan fingerprint density at radius 1 is 1.40 bits per heavy atom. The van der Waals surface area contributed by atoms with Gasteiger partial charge in [0.2, 0.25) is 0 Å². The summed E-state index contributed by atoms with van der Waals surface area (Å²) in [6.07, 6.45) is 0. The molecule has 20 heavy (non-hydrogen) atoms. The van der Waals surface area contributed by atoms with Crippen LogP contribution in [0, 0.1) is 12.7 Å². The molecule has 1 aliphatic heterocycles. The number of hydrogen-bond donors (Lipinski definition) is 1. The zero-order chi connectivity index (χ0) is 14.7. The summed E-state index contributed by atoms with van der Waals surface area (Å²) in [7, 11) is 0. The number of benzene rings is 1. The summed E-state index contributed by atoms with van der Waals surface area (Å²) in [6.45, 7) is 10.9. The molecular weight excluding hydrogens is 253 g/mol. The molecule has 2 atom stereocenters. The highest BCUT2D eigenvalue weighted by Crippen LogP contribution is 2.24. The molecule has 2 N–H and O–H groups in total. The van der Waals surface area contributed by atoms with Crippen molar-refractivity contribution in [2.75, 3.05) is 32.7 Å². The standard InChI is InChI=1S/C16H26FN3/c1-4-19-7-8-20(11-13(19)3)16(10-18)14-6-5-12(2)15(17)9-14/h5-6,9,13,16H,4,7-8,10-11,18H2,1-3H3. The number of rotatable bonds is 4. The third-order valence-corrected chi connectivity index (χ3v) is 4.45. The molecule has 1 saturated heterocycles. The van der Waals surface area contributed by atoms with E-state index in [1.54, 1.807) is 13.0 Å². The van der Waals surface area contributed by atoms with Gasteiger partial charge in [-0.05, 0) is 37.6 Å². The highest BCUT2D eigenvalue weighted by Gasteiger charge is 2.27. The van der Waals surface area contributed by atoms with E-state index in [0.29, 0.717) is 18.2 Å². The molecule has 1 heterocycles. The van der Waals surface area contributed by atoms with Crippen LogP contribution in [-0.2, 0) is 0 Å². The molecule has 112 valence electrons. The van der Waals surface area contributed by atoms with Crippen LogP contribution in [0.1, 0.15) is 31.0 Å². The fourth-order valence-corrected chi connectivity index (χ4v) is 3.09. The quantitative estimate of drug-likeness (QED) is 0.917. The molecule has 4 heteroatoms. The molecule has 2 unspecified atom stereocenters. The van der Waals surface area contributed by atoms with Crippen LogP contribution in [0.15, 0.2) is 18.2 Å². The van der Waals surface area contributed by atoms with Gasteiger partial charge in [0, 0.05) is 38.3 Å². The summed E-state index contributed by atoms with van der Waals surface area (Å²) >= 11 is 0. The van der Waals surface area contributed by atoms with Gasteiger partial charge >= 0.3 is 0 Å². The Morgan fingerprint density at radius 3 is 2.70 bits per heavy atom. The minimum atomic E-state index is -0.138. The van der Waals surface area contributed by atoms with E-state index in [2.05, 4.69) is 23.6 Å². The van der Waals surface area contributed by atoms with E-state index in [1.807, 2.05) is 12.1 Å². The Kier molecular flexibility index (Phi) is 5.13. The first-order valence-electron chi connectivity index (χ1n) is 7.51. The van der Waals surface area contributed by atoms with Crippen LogP contribution in [0.25, 0.3) is 0 Å². The molecule has 0 radical (unpaired) electrons. The third-order valence-electron chi connectivity index (χ3n) is 4.45. The monoisotopic (exact) mass is 279 g/mol. The van der Waals surface area contributed by atoms with Gasteiger partial charge in [-0.2, -0.15) is 0 Å². The van der Waals surface area contributed by atoms with Crippen molar-refractivity contribution in [2.45, 2.75) is 32.9 Å². The van der Waals surface area contributed by atoms with E-state index < -0.39 is 0 Å². The third kappa shape index (κ3) is 3.19. The summed E-state index contributed by atoms with van der Waals surface area (Å²) in [4.78, 5) is 4.86. The lowest BCUT2D eigenvalue weighted by Crippen LogP contribution is -2.53. The maximum absolute atomic E-state index is 13.8. The number of halogens is 1. The van der Waals surface area contributed by atoms with E-state index in [1.165, 1.54) is 0 Å². The summed E-state index contributed by atoms with van der Waals surface area (Å²) in [5, 5.41) is 0. The van der Waals surface area contributed by atoms with Crippen LogP contribution in [0.3, 0.4) is 0 Å². The Bertz CT molecular complexity index is 449. The average molecular weight is 279 g/mol. The van der Waals surface area contributed by atoms with E-state index in [-0.39, 0.29) is 11.9 Å². The van der Waals surface area contributed by atoms with Gasteiger partial charge in [0.05, 0.1) is 0 Å². The van der Waals surface area contributed by atoms with Crippen molar-refractivity contribution in [3.05, 3.63) is 35.1 Å². The molecule has 1 fully saturated rings. The van der Waals surface area contributed by atoms with E-state index in [4.69, 9.17) is 5.73 Å². The number of piperazine rings is 1. The zero-order valence-corrected chi connectivity index (χ0v) is 12.8. The number of likely N-dealkylation sites (N-methyl/N-ethyl adjacent to an activating group) is 1. The first-order valence-corrected chi connectivity index (χ1v) is 7.51. The van der Waals surface area contributed by atoms with Gasteiger partial charge in [-0.3, -0.25) is 9.80 Å². The van der Waals surface area contributed by atoms with Crippen LogP contribution in [0.4, 0.5) is 4.39 Å². The normalized spacial score (nSPS) is 22.9. The average Bonchev–Trinajstić information content (AvgIpc) is 2.44. The predicted molar refractivity (Wildman–Crippen MR) is 81.2 cm³/mol. The molecule has 0 amide bonds. The molecule has 0 bridgehead atoms. The maximum atomic E-state index is 13.8. The molecule has 0 aromatic heterocycles. The second-order valence-electron chi connectivity index (χ2n) is 5.73. The molecule has 0 aliphatic carbocycles.